The zero-order valence-corrected chi connectivity index (χ0v) is 18.6. The normalized spacial score (nSPS) is 11.6. The Morgan fingerprint density at radius 1 is 1.09 bits per heavy atom. The van der Waals surface area contributed by atoms with Crippen molar-refractivity contribution in [2.24, 2.45) is 5.10 Å². The second kappa shape index (κ2) is 9.86. The molecule has 0 saturated carbocycles. The number of thiophene rings is 1. The van der Waals surface area contributed by atoms with Crippen LogP contribution >= 0.6 is 46.1 Å². The number of nitrogens with zero attached hydrogens (tertiary/aromatic N) is 2. The highest BCUT2D eigenvalue weighted by Gasteiger charge is 2.32. The highest BCUT2D eigenvalue weighted by Crippen LogP contribution is 2.33. The predicted molar refractivity (Wildman–Crippen MR) is 118 cm³/mol. The number of benzene rings is 1. The van der Waals surface area contributed by atoms with Crippen LogP contribution in [0.5, 0.6) is 0 Å². The molecule has 0 aliphatic heterocycles. The van der Waals surface area contributed by atoms with E-state index >= 15 is 0 Å². The molecule has 0 radical (unpaired) electrons. The molecule has 6 nitrogen and oxygen atoms in total. The molecule has 0 spiro atoms. The number of carbonyl (C=O) groups is 2. The molecule has 0 aliphatic carbocycles. The second-order valence-corrected chi connectivity index (χ2v) is 8.26. The number of nitrogens with one attached hydrogen (secondary N) is 2. The number of hydrogen-bond donors (Lipinski definition) is 2. The first-order chi connectivity index (χ1) is 15.1. The molecule has 2 heterocycles. The quantitative estimate of drug-likeness (QED) is 0.313. The number of alkyl halides is 3. The molecule has 1 aromatic carbocycles. The average molecular weight is 522 g/mol. The summed E-state index contributed by atoms with van der Waals surface area (Å²) in [6.07, 6.45) is -2.80. The highest BCUT2D eigenvalue weighted by molar-refractivity contribution is 7.11. The van der Waals surface area contributed by atoms with Gasteiger partial charge in [-0.15, -0.1) is 11.3 Å². The number of hydrazone groups is 1. The minimum absolute atomic E-state index is 0.0960. The summed E-state index contributed by atoms with van der Waals surface area (Å²) < 4.78 is 38.4. The zero-order chi connectivity index (χ0) is 23.5. The van der Waals surface area contributed by atoms with E-state index in [9.17, 15) is 22.8 Å². The van der Waals surface area contributed by atoms with Crippen molar-refractivity contribution in [1.29, 1.82) is 0 Å². The van der Waals surface area contributed by atoms with Crippen molar-refractivity contribution in [3.8, 4) is 0 Å². The van der Waals surface area contributed by atoms with Gasteiger partial charge < -0.3 is 5.32 Å². The molecule has 13 heteroatoms. The molecule has 2 amide bonds. The van der Waals surface area contributed by atoms with Crippen molar-refractivity contribution >= 4 is 69.9 Å². The molecule has 166 valence electrons. The van der Waals surface area contributed by atoms with E-state index in [4.69, 9.17) is 34.8 Å². The highest BCUT2D eigenvalue weighted by atomic mass is 35.5. The third-order valence-corrected chi connectivity index (χ3v) is 5.43. The number of halogens is 6. The van der Waals surface area contributed by atoms with Gasteiger partial charge in [0.25, 0.3) is 11.8 Å². The van der Waals surface area contributed by atoms with Crippen LogP contribution in [0.1, 0.15) is 31.3 Å². The molecule has 0 bridgehead atoms. The topological polar surface area (TPSA) is 83.5 Å². The van der Waals surface area contributed by atoms with Crippen molar-refractivity contribution in [3.05, 3.63) is 78.7 Å². The minimum Gasteiger partial charge on any atom is -0.319 e. The molecular formula is C19H10Cl3F3N4O2S. The Hall–Kier alpha value is -2.66. The lowest BCUT2D eigenvalue weighted by Gasteiger charge is -2.13. The maximum atomic E-state index is 12.8. The standard InChI is InChI=1S/C19H10Cl3F3N4O2S/c20-10-5-12(17(30)29-27-8-11-2-1-3-32-11)15(14(22)6-10)28-18(31)16-13(21)4-9(7-26-16)19(23,24)25/h1-8H,(H,28,31)(H,29,30). The van der Waals surface area contributed by atoms with Gasteiger partial charge in [-0.1, -0.05) is 40.9 Å². The lowest BCUT2D eigenvalue weighted by molar-refractivity contribution is -0.137. The van der Waals surface area contributed by atoms with E-state index in [1.54, 1.807) is 12.1 Å². The Balaban J connectivity index is 1.86. The fourth-order valence-corrected chi connectivity index (χ4v) is 3.77. The lowest BCUT2D eigenvalue weighted by atomic mass is 10.1. The number of pyridine rings is 1. The second-order valence-electron chi connectivity index (χ2n) is 6.03. The summed E-state index contributed by atoms with van der Waals surface area (Å²) in [6, 6.07) is 6.66. The van der Waals surface area contributed by atoms with Crippen molar-refractivity contribution < 1.29 is 22.8 Å². The van der Waals surface area contributed by atoms with Crippen molar-refractivity contribution in [3.63, 3.8) is 0 Å². The average Bonchev–Trinajstić information content (AvgIpc) is 3.22. The summed E-state index contributed by atoms with van der Waals surface area (Å²) in [6.45, 7) is 0. The van der Waals surface area contributed by atoms with Crippen LogP contribution in [0.25, 0.3) is 0 Å². The van der Waals surface area contributed by atoms with Crippen LogP contribution in [-0.2, 0) is 6.18 Å². The number of hydrogen-bond acceptors (Lipinski definition) is 5. The van der Waals surface area contributed by atoms with E-state index in [2.05, 4.69) is 20.8 Å². The van der Waals surface area contributed by atoms with Gasteiger partial charge in [-0.3, -0.25) is 9.59 Å². The Kier molecular flexibility index (Phi) is 7.40. The molecule has 0 aliphatic rings. The van der Waals surface area contributed by atoms with Crippen LogP contribution < -0.4 is 10.7 Å². The summed E-state index contributed by atoms with van der Waals surface area (Å²) in [7, 11) is 0. The summed E-state index contributed by atoms with van der Waals surface area (Å²) in [5.74, 6) is -1.73. The van der Waals surface area contributed by atoms with E-state index in [0.29, 0.717) is 12.3 Å². The van der Waals surface area contributed by atoms with E-state index in [1.165, 1.54) is 29.7 Å². The number of carbonyl (C=O) groups excluding carboxylic acids is 2. The molecule has 2 N–H and O–H groups in total. The van der Waals surface area contributed by atoms with Gasteiger partial charge in [0.2, 0.25) is 0 Å². The Morgan fingerprint density at radius 2 is 1.84 bits per heavy atom. The number of rotatable bonds is 5. The predicted octanol–water partition coefficient (Wildman–Crippen LogP) is 6.14. The smallest absolute Gasteiger partial charge is 0.319 e. The first-order valence-electron chi connectivity index (χ1n) is 8.46. The molecule has 2 aromatic heterocycles. The summed E-state index contributed by atoms with van der Waals surface area (Å²) in [5, 5.41) is 7.46. The lowest BCUT2D eigenvalue weighted by Crippen LogP contribution is -2.22. The molecule has 0 unspecified atom stereocenters. The van der Waals surface area contributed by atoms with Gasteiger partial charge in [0.05, 0.1) is 33.1 Å². The van der Waals surface area contributed by atoms with Crippen LogP contribution in [-0.4, -0.2) is 23.0 Å². The maximum absolute atomic E-state index is 12.8. The third kappa shape index (κ3) is 5.77. The molecule has 0 saturated heterocycles. The van der Waals surface area contributed by atoms with E-state index in [-0.39, 0.29) is 21.3 Å². The van der Waals surface area contributed by atoms with Gasteiger partial charge in [0.15, 0.2) is 0 Å². The number of aromatic nitrogens is 1. The van der Waals surface area contributed by atoms with Crippen molar-refractivity contribution in [2.45, 2.75) is 6.18 Å². The number of amides is 2. The van der Waals surface area contributed by atoms with Gasteiger partial charge in [-0.25, -0.2) is 10.4 Å². The summed E-state index contributed by atoms with van der Waals surface area (Å²) in [5.41, 5.74) is 0.384. The molecule has 0 fully saturated rings. The fourth-order valence-electron chi connectivity index (χ4n) is 2.39. The Morgan fingerprint density at radius 3 is 2.47 bits per heavy atom. The minimum atomic E-state index is -4.68. The van der Waals surface area contributed by atoms with Crippen molar-refractivity contribution in [2.75, 3.05) is 5.32 Å². The molecule has 0 atom stereocenters. The van der Waals surface area contributed by atoms with E-state index in [1.807, 2.05) is 5.38 Å². The van der Waals surface area contributed by atoms with Gasteiger partial charge in [-0.05, 0) is 29.6 Å². The molecule has 32 heavy (non-hydrogen) atoms. The molecule has 3 aromatic rings. The number of anilines is 1. The first kappa shape index (κ1) is 24.0. The van der Waals surface area contributed by atoms with Gasteiger partial charge in [0, 0.05) is 16.1 Å². The van der Waals surface area contributed by atoms with Crippen LogP contribution in [0.3, 0.4) is 0 Å². The Labute approximate surface area is 198 Å². The fraction of sp³-hybridized carbons (Fsp3) is 0.0526. The molecule has 3 rings (SSSR count). The van der Waals surface area contributed by atoms with Gasteiger partial charge >= 0.3 is 6.18 Å². The molecular weight excluding hydrogens is 512 g/mol. The van der Waals surface area contributed by atoms with Crippen LogP contribution in [0, 0.1) is 0 Å². The van der Waals surface area contributed by atoms with Crippen LogP contribution in [0.15, 0.2) is 47.0 Å². The summed E-state index contributed by atoms with van der Waals surface area (Å²) >= 11 is 19.3. The summed E-state index contributed by atoms with van der Waals surface area (Å²) in [4.78, 5) is 29.4. The third-order valence-electron chi connectivity index (χ3n) is 3.82. The van der Waals surface area contributed by atoms with Gasteiger partial charge in [-0.2, -0.15) is 18.3 Å². The van der Waals surface area contributed by atoms with E-state index < -0.39 is 34.3 Å². The SMILES string of the molecule is O=C(NN=Cc1cccs1)c1cc(Cl)cc(Cl)c1NC(=O)c1ncc(C(F)(F)F)cc1Cl. The zero-order valence-electron chi connectivity index (χ0n) is 15.5. The van der Waals surface area contributed by atoms with Crippen LogP contribution in [0.4, 0.5) is 18.9 Å². The van der Waals surface area contributed by atoms with E-state index in [0.717, 1.165) is 4.88 Å². The Bertz CT molecular complexity index is 1200. The largest absolute Gasteiger partial charge is 0.417 e. The maximum Gasteiger partial charge on any atom is 0.417 e. The first-order valence-corrected chi connectivity index (χ1v) is 10.5. The van der Waals surface area contributed by atoms with Crippen molar-refractivity contribution in [1.82, 2.24) is 10.4 Å². The van der Waals surface area contributed by atoms with Crippen LogP contribution in [0.2, 0.25) is 15.1 Å². The monoisotopic (exact) mass is 520 g/mol. The van der Waals surface area contributed by atoms with Gasteiger partial charge in [0.1, 0.15) is 5.69 Å².